The minimum Gasteiger partial charge on any atom is -0.494 e. The second-order valence-electron chi connectivity index (χ2n) is 7.98. The largest absolute Gasteiger partial charge is 0.494 e. The van der Waals surface area contributed by atoms with E-state index in [0.717, 1.165) is 35.9 Å². The molecule has 4 N–H and O–H groups in total. The number of fused-ring (bicyclic) bond motifs is 1. The molecular weight excluding hydrogens is 486 g/mol. The van der Waals surface area contributed by atoms with Gasteiger partial charge < -0.3 is 20.5 Å². The van der Waals surface area contributed by atoms with Crippen LogP contribution in [0.5, 0.6) is 11.5 Å². The molecule has 1 aromatic carbocycles. The van der Waals surface area contributed by atoms with E-state index in [2.05, 4.69) is 15.0 Å². The van der Waals surface area contributed by atoms with Crippen LogP contribution in [0.1, 0.15) is 31.2 Å². The molecule has 1 aliphatic rings. The molecule has 0 amide bonds. The van der Waals surface area contributed by atoms with E-state index in [1.54, 1.807) is 25.4 Å². The molecular formula is C21H26ClN5O4S2. The van der Waals surface area contributed by atoms with E-state index in [1.165, 1.54) is 17.6 Å². The van der Waals surface area contributed by atoms with Crippen molar-refractivity contribution in [3.63, 3.8) is 0 Å². The van der Waals surface area contributed by atoms with Gasteiger partial charge in [-0.1, -0.05) is 35.8 Å². The first-order chi connectivity index (χ1) is 15.7. The van der Waals surface area contributed by atoms with Crippen LogP contribution < -0.4 is 25.2 Å². The molecule has 12 heteroatoms. The highest BCUT2D eigenvalue weighted by Gasteiger charge is 2.28. The lowest BCUT2D eigenvalue weighted by atomic mass is 9.91. The topological polar surface area (TPSA) is 128 Å². The normalized spacial score (nSPS) is 18.9. The molecule has 1 saturated carbocycles. The van der Waals surface area contributed by atoms with E-state index in [-0.39, 0.29) is 24.5 Å². The highest BCUT2D eigenvalue weighted by atomic mass is 35.5. The van der Waals surface area contributed by atoms with Crippen LogP contribution in [0.3, 0.4) is 0 Å². The number of pyridine rings is 1. The maximum absolute atomic E-state index is 11.8. The number of benzene rings is 1. The molecule has 0 unspecified atom stereocenters. The van der Waals surface area contributed by atoms with E-state index in [9.17, 15) is 8.42 Å². The lowest BCUT2D eigenvalue weighted by Crippen LogP contribution is -2.48. The van der Waals surface area contributed by atoms with Gasteiger partial charge in [-0.3, -0.25) is 0 Å². The predicted octanol–water partition coefficient (Wildman–Crippen LogP) is 3.79. The summed E-state index contributed by atoms with van der Waals surface area (Å²) in [5, 5.41) is 4.51. The van der Waals surface area contributed by atoms with Gasteiger partial charge >= 0.3 is 0 Å². The summed E-state index contributed by atoms with van der Waals surface area (Å²) in [5.74, 6) is 1.45. The van der Waals surface area contributed by atoms with Crippen molar-refractivity contribution in [2.24, 2.45) is 0 Å². The Hall–Kier alpha value is -2.34. The number of thiazole rings is 1. The van der Waals surface area contributed by atoms with Crippen molar-refractivity contribution in [3.05, 3.63) is 35.0 Å². The molecule has 0 saturated heterocycles. The predicted molar refractivity (Wildman–Crippen MR) is 132 cm³/mol. The maximum atomic E-state index is 11.8. The number of anilines is 2. The molecule has 1 aliphatic carbocycles. The maximum Gasteiger partial charge on any atom is 0.209 e. The molecule has 1 fully saturated rings. The van der Waals surface area contributed by atoms with Gasteiger partial charge in [0.05, 0.1) is 23.1 Å². The SMILES string of the molecule is COc1cc(OCc2ccnc(N)c2Cl)cc2sc(N[C@H]3CCCC[C@@H]3NS(C)(=O)=O)nc12. The Morgan fingerprint density at radius 2 is 2.03 bits per heavy atom. The van der Waals surface area contributed by atoms with Crippen molar-refractivity contribution in [3.8, 4) is 11.5 Å². The minimum absolute atomic E-state index is 0.0324. The average molecular weight is 512 g/mol. The minimum atomic E-state index is -3.29. The van der Waals surface area contributed by atoms with Crippen molar-refractivity contribution in [2.45, 2.75) is 44.4 Å². The summed E-state index contributed by atoms with van der Waals surface area (Å²) in [7, 11) is -1.71. The van der Waals surface area contributed by atoms with Gasteiger partial charge in [0.25, 0.3) is 0 Å². The van der Waals surface area contributed by atoms with E-state index >= 15 is 0 Å². The number of ether oxygens (including phenoxy) is 2. The Kier molecular flexibility index (Phi) is 7.13. The van der Waals surface area contributed by atoms with Crippen LogP contribution in [0.2, 0.25) is 5.02 Å². The number of hydrogen-bond acceptors (Lipinski definition) is 9. The summed E-state index contributed by atoms with van der Waals surface area (Å²) >= 11 is 7.68. The van der Waals surface area contributed by atoms with Crippen molar-refractivity contribution in [2.75, 3.05) is 24.4 Å². The fraction of sp³-hybridized carbons (Fsp3) is 0.429. The van der Waals surface area contributed by atoms with Crippen molar-refractivity contribution < 1.29 is 17.9 Å². The molecule has 4 rings (SSSR count). The number of aromatic nitrogens is 2. The van der Waals surface area contributed by atoms with Gasteiger partial charge in [0.1, 0.15) is 29.4 Å². The number of sulfonamides is 1. The lowest BCUT2D eigenvalue weighted by Gasteiger charge is -2.32. The average Bonchev–Trinajstić information content (AvgIpc) is 3.17. The number of hydrogen-bond donors (Lipinski definition) is 3. The molecule has 9 nitrogen and oxygen atoms in total. The van der Waals surface area contributed by atoms with E-state index in [1.807, 2.05) is 6.07 Å². The molecule has 0 spiro atoms. The lowest BCUT2D eigenvalue weighted by molar-refractivity contribution is 0.304. The Morgan fingerprint density at radius 1 is 1.27 bits per heavy atom. The third-order valence-corrected chi connectivity index (χ3v) is 7.59. The van der Waals surface area contributed by atoms with Crippen LogP contribution in [-0.4, -0.2) is 43.8 Å². The van der Waals surface area contributed by atoms with E-state index < -0.39 is 10.0 Å². The molecule has 3 aromatic rings. The summed E-state index contributed by atoms with van der Waals surface area (Å²) in [4.78, 5) is 8.65. The molecule has 2 aromatic heterocycles. The highest BCUT2D eigenvalue weighted by Crippen LogP contribution is 2.37. The van der Waals surface area contributed by atoms with Crippen LogP contribution in [-0.2, 0) is 16.6 Å². The first-order valence-corrected chi connectivity index (χ1v) is 13.6. The number of rotatable bonds is 8. The zero-order valence-electron chi connectivity index (χ0n) is 18.3. The van der Waals surface area contributed by atoms with Gasteiger partial charge in [-0.2, -0.15) is 0 Å². The molecule has 33 heavy (non-hydrogen) atoms. The smallest absolute Gasteiger partial charge is 0.209 e. The van der Waals surface area contributed by atoms with Crippen LogP contribution in [0.4, 0.5) is 10.9 Å². The van der Waals surface area contributed by atoms with Crippen LogP contribution in [0, 0.1) is 0 Å². The second kappa shape index (κ2) is 9.88. The first kappa shape index (κ1) is 23.8. The Morgan fingerprint density at radius 3 is 2.76 bits per heavy atom. The number of nitrogens with one attached hydrogen (secondary N) is 2. The molecule has 0 radical (unpaired) electrons. The first-order valence-electron chi connectivity index (χ1n) is 10.5. The molecule has 0 aliphatic heterocycles. The third-order valence-electron chi connectivity index (χ3n) is 5.48. The summed E-state index contributed by atoms with van der Waals surface area (Å²) < 4.78 is 38.6. The van der Waals surface area contributed by atoms with Gasteiger partial charge in [-0.25, -0.2) is 23.1 Å². The zero-order valence-corrected chi connectivity index (χ0v) is 20.7. The van der Waals surface area contributed by atoms with Crippen molar-refractivity contribution in [1.82, 2.24) is 14.7 Å². The number of nitrogen functional groups attached to an aromatic ring is 1. The third kappa shape index (κ3) is 5.78. The van der Waals surface area contributed by atoms with Gasteiger partial charge in [0.15, 0.2) is 5.13 Å². The van der Waals surface area contributed by atoms with Crippen LogP contribution in [0.15, 0.2) is 24.4 Å². The molecule has 2 heterocycles. The fourth-order valence-corrected chi connectivity index (χ4v) is 5.90. The fourth-order valence-electron chi connectivity index (χ4n) is 3.93. The van der Waals surface area contributed by atoms with Crippen molar-refractivity contribution >= 4 is 54.1 Å². The van der Waals surface area contributed by atoms with E-state index in [0.29, 0.717) is 27.2 Å². The Balaban J connectivity index is 1.54. The second-order valence-corrected chi connectivity index (χ2v) is 11.2. The standard InChI is InChI=1S/C21H26ClN5O4S2/c1-30-16-9-13(31-11-12-7-8-24-20(23)18(12)22)10-17-19(16)26-21(32-17)25-14-5-3-4-6-15(14)27-33(2,28)29/h7-10,14-15,27H,3-6,11H2,1-2H3,(H2,23,24)(H,25,26)/t14-,15-/m0/s1. The van der Waals surface area contributed by atoms with Gasteiger partial charge in [-0.05, 0) is 25.0 Å². The van der Waals surface area contributed by atoms with E-state index in [4.69, 9.17) is 31.8 Å². The summed E-state index contributed by atoms with van der Waals surface area (Å²) in [6.07, 6.45) is 6.46. The monoisotopic (exact) mass is 511 g/mol. The zero-order chi connectivity index (χ0) is 23.6. The summed E-state index contributed by atoms with van der Waals surface area (Å²) in [6, 6.07) is 5.23. The van der Waals surface area contributed by atoms with Gasteiger partial charge in [0, 0.05) is 29.9 Å². The number of nitrogens with zero attached hydrogens (tertiary/aromatic N) is 2. The molecule has 0 bridgehead atoms. The van der Waals surface area contributed by atoms with Gasteiger partial charge in [0.2, 0.25) is 10.0 Å². The number of nitrogens with two attached hydrogens (primary N) is 1. The van der Waals surface area contributed by atoms with Gasteiger partial charge in [-0.15, -0.1) is 0 Å². The van der Waals surface area contributed by atoms with Crippen LogP contribution >= 0.6 is 22.9 Å². The molecule has 2 atom stereocenters. The quantitative estimate of drug-likeness (QED) is 0.416. The van der Waals surface area contributed by atoms with Crippen LogP contribution in [0.25, 0.3) is 10.2 Å². The summed E-state index contributed by atoms with van der Waals surface area (Å²) in [5.41, 5.74) is 7.21. The Bertz CT molecular complexity index is 1250. The summed E-state index contributed by atoms with van der Waals surface area (Å²) in [6.45, 7) is 0.227. The molecule has 178 valence electrons. The Labute approximate surface area is 201 Å². The van der Waals surface area contributed by atoms with Crippen molar-refractivity contribution in [1.29, 1.82) is 0 Å². The highest BCUT2D eigenvalue weighted by molar-refractivity contribution is 7.88. The number of methoxy groups -OCH3 is 1. The number of halogens is 1.